The van der Waals surface area contributed by atoms with Crippen LogP contribution in [0.25, 0.3) is 0 Å². The van der Waals surface area contributed by atoms with Crippen molar-refractivity contribution < 1.29 is 4.74 Å². The van der Waals surface area contributed by atoms with Gasteiger partial charge in [0.1, 0.15) is 0 Å². The van der Waals surface area contributed by atoms with E-state index in [1.54, 1.807) is 0 Å². The Balaban J connectivity index is 1.79. The van der Waals surface area contributed by atoms with Gasteiger partial charge >= 0.3 is 0 Å². The van der Waals surface area contributed by atoms with Crippen LogP contribution in [0.1, 0.15) is 12.8 Å². The van der Waals surface area contributed by atoms with Crippen molar-refractivity contribution in [2.24, 2.45) is 0 Å². The fraction of sp³-hybridized carbons (Fsp3) is 0.417. The summed E-state index contributed by atoms with van der Waals surface area (Å²) < 4.78 is 5.50. The number of nitrogens with one attached hydrogen (secondary N) is 2. The summed E-state index contributed by atoms with van der Waals surface area (Å²) in [6.07, 6.45) is 2.51. The molecular weight excluding hydrogens is 256 g/mol. The highest BCUT2D eigenvalue weighted by atomic mass is 35.5. The molecule has 1 fully saturated rings. The first-order valence-electron chi connectivity index (χ1n) is 5.66. The van der Waals surface area contributed by atoms with Gasteiger partial charge in [-0.3, -0.25) is 0 Å². The number of halogens is 1. The SMILES string of the molecule is S=C(NC[C@H]1CCCO1)Nc1ccccc1Cl. The lowest BCUT2D eigenvalue weighted by Gasteiger charge is -2.14. The Morgan fingerprint density at radius 3 is 3.00 bits per heavy atom. The van der Waals surface area contributed by atoms with Crippen molar-refractivity contribution in [1.82, 2.24) is 5.32 Å². The Bertz CT molecular complexity index is 394. The van der Waals surface area contributed by atoms with Gasteiger partial charge in [-0.25, -0.2) is 0 Å². The molecule has 1 aromatic carbocycles. The molecule has 0 amide bonds. The van der Waals surface area contributed by atoms with Crippen LogP contribution in [0.3, 0.4) is 0 Å². The number of hydrogen-bond donors (Lipinski definition) is 2. The third-order valence-corrected chi connectivity index (χ3v) is 3.21. The molecule has 1 heterocycles. The molecule has 17 heavy (non-hydrogen) atoms. The van der Waals surface area contributed by atoms with Crippen molar-refractivity contribution in [3.05, 3.63) is 29.3 Å². The number of thiocarbonyl (C=S) groups is 1. The van der Waals surface area contributed by atoms with Crippen LogP contribution in [0.5, 0.6) is 0 Å². The molecule has 0 bridgehead atoms. The Morgan fingerprint density at radius 2 is 2.29 bits per heavy atom. The van der Waals surface area contributed by atoms with Crippen LogP contribution >= 0.6 is 23.8 Å². The summed E-state index contributed by atoms with van der Waals surface area (Å²) in [5, 5.41) is 7.44. The van der Waals surface area contributed by atoms with E-state index < -0.39 is 0 Å². The van der Waals surface area contributed by atoms with Crippen LogP contribution in [0.2, 0.25) is 5.02 Å². The molecule has 1 atom stereocenters. The van der Waals surface area contributed by atoms with E-state index in [0.717, 1.165) is 31.7 Å². The van der Waals surface area contributed by atoms with Crippen LogP contribution in [-0.4, -0.2) is 24.4 Å². The average Bonchev–Trinajstić information content (AvgIpc) is 2.82. The molecule has 3 nitrogen and oxygen atoms in total. The normalized spacial score (nSPS) is 19.0. The number of anilines is 1. The molecule has 0 unspecified atom stereocenters. The summed E-state index contributed by atoms with van der Waals surface area (Å²) in [7, 11) is 0. The van der Waals surface area contributed by atoms with E-state index in [0.29, 0.717) is 10.1 Å². The second-order valence-electron chi connectivity index (χ2n) is 3.95. The molecule has 5 heteroatoms. The minimum atomic E-state index is 0.279. The maximum atomic E-state index is 6.02. The molecular formula is C12H15ClN2OS. The molecule has 2 N–H and O–H groups in total. The zero-order chi connectivity index (χ0) is 12.1. The van der Waals surface area contributed by atoms with E-state index in [2.05, 4.69) is 10.6 Å². The van der Waals surface area contributed by atoms with E-state index >= 15 is 0 Å². The monoisotopic (exact) mass is 270 g/mol. The van der Waals surface area contributed by atoms with Gasteiger partial charge in [-0.15, -0.1) is 0 Å². The van der Waals surface area contributed by atoms with Crippen LogP contribution < -0.4 is 10.6 Å². The number of hydrogen-bond acceptors (Lipinski definition) is 2. The summed E-state index contributed by atoms with van der Waals surface area (Å²) in [5.74, 6) is 0. The van der Waals surface area contributed by atoms with Gasteiger partial charge in [0.2, 0.25) is 0 Å². The first-order valence-corrected chi connectivity index (χ1v) is 6.45. The fourth-order valence-corrected chi connectivity index (χ4v) is 2.12. The second kappa shape index (κ2) is 6.19. The second-order valence-corrected chi connectivity index (χ2v) is 4.77. The maximum absolute atomic E-state index is 6.02. The molecule has 92 valence electrons. The van der Waals surface area contributed by atoms with E-state index in [-0.39, 0.29) is 6.10 Å². The summed E-state index contributed by atoms with van der Waals surface area (Å²) in [5.41, 5.74) is 0.819. The number of benzene rings is 1. The van der Waals surface area contributed by atoms with E-state index in [9.17, 15) is 0 Å². The van der Waals surface area contributed by atoms with Gasteiger partial charge in [0, 0.05) is 13.2 Å². The topological polar surface area (TPSA) is 33.3 Å². The Kier molecular flexibility index (Phi) is 4.59. The van der Waals surface area contributed by atoms with Crippen LogP contribution in [0.4, 0.5) is 5.69 Å². The number of rotatable bonds is 3. The van der Waals surface area contributed by atoms with E-state index in [4.69, 9.17) is 28.6 Å². The lowest BCUT2D eigenvalue weighted by atomic mass is 10.2. The van der Waals surface area contributed by atoms with Gasteiger partial charge in [0.25, 0.3) is 0 Å². The Hall–Kier alpha value is -0.840. The van der Waals surface area contributed by atoms with Gasteiger partial charge in [0.05, 0.1) is 16.8 Å². The van der Waals surface area contributed by atoms with Crippen molar-refractivity contribution in [3.63, 3.8) is 0 Å². The Morgan fingerprint density at radius 1 is 1.47 bits per heavy atom. The van der Waals surface area contributed by atoms with E-state index in [1.807, 2.05) is 24.3 Å². The molecule has 1 aromatic rings. The molecule has 1 aliphatic heterocycles. The molecule has 2 rings (SSSR count). The Labute approximate surface area is 111 Å². The van der Waals surface area contributed by atoms with Gasteiger partial charge < -0.3 is 15.4 Å². The van der Waals surface area contributed by atoms with Crippen molar-refractivity contribution in [3.8, 4) is 0 Å². The minimum Gasteiger partial charge on any atom is -0.376 e. The molecule has 0 radical (unpaired) electrons. The van der Waals surface area contributed by atoms with Crippen molar-refractivity contribution in [2.75, 3.05) is 18.5 Å². The smallest absolute Gasteiger partial charge is 0.170 e. The summed E-state index contributed by atoms with van der Waals surface area (Å²) in [4.78, 5) is 0. The summed E-state index contributed by atoms with van der Waals surface area (Å²) in [6.45, 7) is 1.60. The minimum absolute atomic E-state index is 0.279. The van der Waals surface area contributed by atoms with Gasteiger partial charge in [-0.05, 0) is 37.2 Å². The van der Waals surface area contributed by atoms with Gasteiger partial charge in [-0.1, -0.05) is 23.7 Å². The maximum Gasteiger partial charge on any atom is 0.170 e. The first-order chi connectivity index (χ1) is 8.25. The largest absolute Gasteiger partial charge is 0.376 e. The van der Waals surface area contributed by atoms with Crippen LogP contribution in [0, 0.1) is 0 Å². The highest BCUT2D eigenvalue weighted by molar-refractivity contribution is 7.80. The van der Waals surface area contributed by atoms with Crippen molar-refractivity contribution >= 4 is 34.6 Å². The zero-order valence-corrected chi connectivity index (χ0v) is 11.0. The average molecular weight is 271 g/mol. The zero-order valence-electron chi connectivity index (χ0n) is 9.41. The number of para-hydroxylation sites is 1. The van der Waals surface area contributed by atoms with Gasteiger partial charge in [-0.2, -0.15) is 0 Å². The lowest BCUT2D eigenvalue weighted by molar-refractivity contribution is 0.114. The third kappa shape index (κ3) is 3.84. The molecule has 1 saturated heterocycles. The number of ether oxygens (including phenoxy) is 1. The molecule has 0 spiro atoms. The molecule has 0 aliphatic carbocycles. The quantitative estimate of drug-likeness (QED) is 0.828. The highest BCUT2D eigenvalue weighted by Gasteiger charge is 2.15. The summed E-state index contributed by atoms with van der Waals surface area (Å²) in [6, 6.07) is 7.52. The van der Waals surface area contributed by atoms with E-state index in [1.165, 1.54) is 0 Å². The standard InChI is InChI=1S/C12H15ClN2OS/c13-10-5-1-2-6-11(10)15-12(17)14-8-9-4-3-7-16-9/h1-2,5-6,9H,3-4,7-8H2,(H2,14,15,17)/t9-/m1/s1. The van der Waals surface area contributed by atoms with Crippen LogP contribution in [0.15, 0.2) is 24.3 Å². The van der Waals surface area contributed by atoms with Crippen molar-refractivity contribution in [1.29, 1.82) is 0 Å². The van der Waals surface area contributed by atoms with Gasteiger partial charge in [0.15, 0.2) is 5.11 Å². The third-order valence-electron chi connectivity index (χ3n) is 2.64. The molecule has 0 aromatic heterocycles. The first kappa shape index (κ1) is 12.6. The molecule has 0 saturated carbocycles. The summed E-state index contributed by atoms with van der Waals surface area (Å²) >= 11 is 11.2. The highest BCUT2D eigenvalue weighted by Crippen LogP contribution is 2.20. The molecule has 1 aliphatic rings. The van der Waals surface area contributed by atoms with Crippen molar-refractivity contribution in [2.45, 2.75) is 18.9 Å². The van der Waals surface area contributed by atoms with Crippen LogP contribution in [-0.2, 0) is 4.74 Å². The lowest BCUT2D eigenvalue weighted by Crippen LogP contribution is -2.34. The fourth-order valence-electron chi connectivity index (χ4n) is 1.74. The predicted molar refractivity (Wildman–Crippen MR) is 74.6 cm³/mol. The predicted octanol–water partition coefficient (Wildman–Crippen LogP) is 2.81.